The number of nitrogens with zero attached hydrogens (tertiary/aromatic N) is 2. The van der Waals surface area contributed by atoms with Crippen molar-refractivity contribution in [3.05, 3.63) is 40.8 Å². The molecule has 0 aliphatic heterocycles. The SMILES string of the molecule is Cc1ccc(C(C)NCc2ncc(Cl)n2C)o1. The average Bonchev–Trinajstić information content (AvgIpc) is 2.86. The van der Waals surface area contributed by atoms with Gasteiger partial charge in [0.1, 0.15) is 22.5 Å². The maximum atomic E-state index is 5.92. The summed E-state index contributed by atoms with van der Waals surface area (Å²) in [5.74, 6) is 2.77. The van der Waals surface area contributed by atoms with Crippen molar-refractivity contribution in [2.75, 3.05) is 0 Å². The summed E-state index contributed by atoms with van der Waals surface area (Å²) in [6.45, 7) is 4.65. The van der Waals surface area contributed by atoms with Gasteiger partial charge in [-0.2, -0.15) is 0 Å². The van der Waals surface area contributed by atoms with Crippen LogP contribution in [0.1, 0.15) is 30.3 Å². The third kappa shape index (κ3) is 2.70. The normalized spacial score (nSPS) is 12.9. The van der Waals surface area contributed by atoms with E-state index in [2.05, 4.69) is 17.2 Å². The highest BCUT2D eigenvalue weighted by molar-refractivity contribution is 6.29. The van der Waals surface area contributed by atoms with Gasteiger partial charge in [-0.05, 0) is 26.0 Å². The molecule has 2 aromatic rings. The molecule has 2 rings (SSSR count). The summed E-state index contributed by atoms with van der Waals surface area (Å²) < 4.78 is 7.41. The molecule has 0 aliphatic carbocycles. The number of aryl methyl sites for hydroxylation is 1. The van der Waals surface area contributed by atoms with Crippen LogP contribution in [0.4, 0.5) is 0 Å². The van der Waals surface area contributed by atoms with Crippen molar-refractivity contribution in [2.45, 2.75) is 26.4 Å². The molecule has 0 radical (unpaired) electrons. The van der Waals surface area contributed by atoms with Crippen LogP contribution in [0.2, 0.25) is 5.15 Å². The van der Waals surface area contributed by atoms with Crippen molar-refractivity contribution in [3.63, 3.8) is 0 Å². The Kier molecular flexibility index (Phi) is 3.54. The predicted octanol–water partition coefficient (Wildman–Crippen LogP) is 2.83. The van der Waals surface area contributed by atoms with Crippen LogP contribution in [-0.4, -0.2) is 9.55 Å². The highest BCUT2D eigenvalue weighted by Gasteiger charge is 2.10. The molecule has 1 atom stereocenters. The summed E-state index contributed by atoms with van der Waals surface area (Å²) in [5.41, 5.74) is 0. The summed E-state index contributed by atoms with van der Waals surface area (Å²) >= 11 is 5.92. The number of aromatic nitrogens is 2. The highest BCUT2D eigenvalue weighted by Crippen LogP contribution is 2.16. The van der Waals surface area contributed by atoms with Crippen molar-refractivity contribution < 1.29 is 4.42 Å². The van der Waals surface area contributed by atoms with Gasteiger partial charge in [-0.1, -0.05) is 11.6 Å². The molecule has 5 heteroatoms. The topological polar surface area (TPSA) is 43.0 Å². The molecule has 2 aromatic heterocycles. The van der Waals surface area contributed by atoms with Crippen LogP contribution in [0.3, 0.4) is 0 Å². The predicted molar refractivity (Wildman–Crippen MR) is 66.9 cm³/mol. The fourth-order valence-corrected chi connectivity index (χ4v) is 1.77. The lowest BCUT2D eigenvalue weighted by Crippen LogP contribution is -2.19. The van der Waals surface area contributed by atoms with Crippen LogP contribution in [-0.2, 0) is 13.6 Å². The number of furan rings is 1. The lowest BCUT2D eigenvalue weighted by atomic mass is 10.2. The fourth-order valence-electron chi connectivity index (χ4n) is 1.62. The molecule has 0 fully saturated rings. The van der Waals surface area contributed by atoms with Crippen LogP contribution < -0.4 is 5.32 Å². The van der Waals surface area contributed by atoms with E-state index in [1.54, 1.807) is 6.20 Å². The van der Waals surface area contributed by atoms with Crippen molar-refractivity contribution >= 4 is 11.6 Å². The zero-order chi connectivity index (χ0) is 12.4. The Morgan fingerprint density at radius 1 is 1.53 bits per heavy atom. The minimum Gasteiger partial charge on any atom is -0.465 e. The third-order valence-corrected chi connectivity index (χ3v) is 3.13. The molecule has 0 spiro atoms. The second kappa shape index (κ2) is 4.94. The van der Waals surface area contributed by atoms with Gasteiger partial charge in [0.15, 0.2) is 0 Å². The maximum absolute atomic E-state index is 5.92. The van der Waals surface area contributed by atoms with Gasteiger partial charge in [0.2, 0.25) is 0 Å². The third-order valence-electron chi connectivity index (χ3n) is 2.78. The molecule has 17 heavy (non-hydrogen) atoms. The summed E-state index contributed by atoms with van der Waals surface area (Å²) in [6.07, 6.45) is 1.65. The Labute approximate surface area is 106 Å². The summed E-state index contributed by atoms with van der Waals surface area (Å²) in [5, 5.41) is 3.99. The van der Waals surface area contributed by atoms with E-state index >= 15 is 0 Å². The van der Waals surface area contributed by atoms with E-state index in [4.69, 9.17) is 16.0 Å². The smallest absolute Gasteiger partial charge is 0.128 e. The van der Waals surface area contributed by atoms with Gasteiger partial charge in [-0.15, -0.1) is 0 Å². The molecular weight excluding hydrogens is 238 g/mol. The van der Waals surface area contributed by atoms with Gasteiger partial charge in [-0.25, -0.2) is 4.98 Å². The van der Waals surface area contributed by atoms with Crippen molar-refractivity contribution in [2.24, 2.45) is 7.05 Å². The van der Waals surface area contributed by atoms with Gasteiger partial charge in [0, 0.05) is 7.05 Å². The van der Waals surface area contributed by atoms with Crippen molar-refractivity contribution in [3.8, 4) is 0 Å². The van der Waals surface area contributed by atoms with E-state index in [0.717, 1.165) is 17.3 Å². The highest BCUT2D eigenvalue weighted by atomic mass is 35.5. The Morgan fingerprint density at radius 2 is 2.29 bits per heavy atom. The first kappa shape index (κ1) is 12.2. The van der Waals surface area contributed by atoms with E-state index in [0.29, 0.717) is 11.7 Å². The zero-order valence-corrected chi connectivity index (χ0v) is 11.0. The number of hydrogen-bond donors (Lipinski definition) is 1. The Balaban J connectivity index is 1.96. The molecule has 0 bridgehead atoms. The second-order valence-electron chi connectivity index (χ2n) is 4.11. The quantitative estimate of drug-likeness (QED) is 0.911. The lowest BCUT2D eigenvalue weighted by molar-refractivity contribution is 0.411. The fraction of sp³-hybridized carbons (Fsp3) is 0.417. The molecular formula is C12H16ClN3O. The van der Waals surface area contributed by atoms with Gasteiger partial charge < -0.3 is 14.3 Å². The first-order valence-electron chi connectivity index (χ1n) is 5.53. The number of halogens is 1. The first-order chi connectivity index (χ1) is 8.08. The first-order valence-corrected chi connectivity index (χ1v) is 5.91. The molecule has 2 heterocycles. The van der Waals surface area contributed by atoms with Crippen LogP contribution >= 0.6 is 11.6 Å². The molecule has 1 unspecified atom stereocenters. The van der Waals surface area contributed by atoms with E-state index in [1.165, 1.54) is 0 Å². The Hall–Kier alpha value is -1.26. The van der Waals surface area contributed by atoms with E-state index in [9.17, 15) is 0 Å². The lowest BCUT2D eigenvalue weighted by Gasteiger charge is -2.11. The standard InChI is InChI=1S/C12H16ClN3O/c1-8-4-5-10(17-8)9(2)14-7-12-15-6-11(13)16(12)3/h4-6,9,14H,7H2,1-3H3. The molecule has 4 nitrogen and oxygen atoms in total. The molecule has 0 aromatic carbocycles. The molecule has 1 N–H and O–H groups in total. The average molecular weight is 254 g/mol. The minimum absolute atomic E-state index is 0.152. The van der Waals surface area contributed by atoms with Gasteiger partial charge >= 0.3 is 0 Å². The van der Waals surface area contributed by atoms with Crippen molar-refractivity contribution in [1.82, 2.24) is 14.9 Å². The van der Waals surface area contributed by atoms with E-state index in [1.807, 2.05) is 30.7 Å². The van der Waals surface area contributed by atoms with Gasteiger partial charge in [0.05, 0.1) is 18.8 Å². The van der Waals surface area contributed by atoms with Gasteiger partial charge in [0.25, 0.3) is 0 Å². The number of rotatable bonds is 4. The monoisotopic (exact) mass is 253 g/mol. The summed E-state index contributed by atoms with van der Waals surface area (Å²) in [6, 6.07) is 4.10. The second-order valence-corrected chi connectivity index (χ2v) is 4.49. The van der Waals surface area contributed by atoms with Crippen LogP contribution in [0.15, 0.2) is 22.7 Å². The maximum Gasteiger partial charge on any atom is 0.128 e. The van der Waals surface area contributed by atoms with E-state index in [-0.39, 0.29) is 6.04 Å². The van der Waals surface area contributed by atoms with Gasteiger partial charge in [-0.3, -0.25) is 0 Å². The van der Waals surface area contributed by atoms with E-state index < -0.39 is 0 Å². The molecule has 92 valence electrons. The molecule has 0 amide bonds. The Bertz CT molecular complexity index is 504. The minimum atomic E-state index is 0.152. The molecule has 0 aliphatic rings. The van der Waals surface area contributed by atoms with Crippen LogP contribution in [0, 0.1) is 6.92 Å². The van der Waals surface area contributed by atoms with Crippen LogP contribution in [0.5, 0.6) is 0 Å². The molecule has 0 saturated heterocycles. The number of nitrogens with one attached hydrogen (secondary N) is 1. The van der Waals surface area contributed by atoms with Crippen LogP contribution in [0.25, 0.3) is 0 Å². The number of imidazole rings is 1. The number of hydrogen-bond acceptors (Lipinski definition) is 3. The largest absolute Gasteiger partial charge is 0.465 e. The summed E-state index contributed by atoms with van der Waals surface area (Å²) in [4.78, 5) is 4.22. The molecule has 0 saturated carbocycles. The summed E-state index contributed by atoms with van der Waals surface area (Å²) in [7, 11) is 1.90. The van der Waals surface area contributed by atoms with Crippen molar-refractivity contribution in [1.29, 1.82) is 0 Å². The Morgan fingerprint density at radius 3 is 2.82 bits per heavy atom. The zero-order valence-electron chi connectivity index (χ0n) is 10.2.